The predicted molar refractivity (Wildman–Crippen MR) is 87.9 cm³/mol. The van der Waals surface area contributed by atoms with Crippen LogP contribution in [0.1, 0.15) is 19.8 Å². The van der Waals surface area contributed by atoms with Crippen LogP contribution >= 0.6 is 11.3 Å². The maximum Gasteiger partial charge on any atom is 0.228 e. The molecule has 21 heavy (non-hydrogen) atoms. The van der Waals surface area contributed by atoms with Crippen molar-refractivity contribution >= 4 is 38.3 Å². The van der Waals surface area contributed by atoms with Crippen molar-refractivity contribution in [2.45, 2.75) is 19.8 Å². The first-order valence-electron chi connectivity index (χ1n) is 7.34. The molecule has 5 nitrogen and oxygen atoms in total. The van der Waals surface area contributed by atoms with Crippen molar-refractivity contribution < 1.29 is 4.79 Å². The normalized spacial score (nSPS) is 16.4. The molecule has 0 spiro atoms. The van der Waals surface area contributed by atoms with E-state index < -0.39 is 0 Å². The molecule has 1 atom stereocenters. The molecule has 112 valence electrons. The SMILES string of the molecule is CC(CN)C(=O)Nc1ccc2nc(N3CCCC3)sc2c1. The summed E-state index contributed by atoms with van der Waals surface area (Å²) in [5, 5.41) is 3.99. The third-order valence-electron chi connectivity index (χ3n) is 3.82. The number of carbonyl (C=O) groups excluding carboxylic acids is 1. The minimum absolute atomic E-state index is 0.0406. The fourth-order valence-electron chi connectivity index (χ4n) is 2.41. The summed E-state index contributed by atoms with van der Waals surface area (Å²) in [7, 11) is 0. The Balaban J connectivity index is 1.81. The number of aromatic nitrogens is 1. The zero-order valence-corrected chi connectivity index (χ0v) is 12.9. The van der Waals surface area contributed by atoms with Crippen LogP contribution in [0.4, 0.5) is 10.8 Å². The number of nitrogens with one attached hydrogen (secondary N) is 1. The molecule has 0 saturated carbocycles. The molecule has 1 aromatic carbocycles. The van der Waals surface area contributed by atoms with E-state index in [0.717, 1.165) is 34.1 Å². The molecule has 1 saturated heterocycles. The molecule has 1 amide bonds. The number of anilines is 2. The largest absolute Gasteiger partial charge is 0.348 e. The van der Waals surface area contributed by atoms with Gasteiger partial charge in [0.15, 0.2) is 5.13 Å². The van der Waals surface area contributed by atoms with Crippen molar-refractivity contribution in [3.8, 4) is 0 Å². The minimum atomic E-state index is -0.178. The molecular weight excluding hydrogens is 284 g/mol. The van der Waals surface area contributed by atoms with Gasteiger partial charge in [-0.15, -0.1) is 0 Å². The number of nitrogens with zero attached hydrogens (tertiary/aromatic N) is 2. The Morgan fingerprint density at radius 3 is 2.95 bits per heavy atom. The van der Waals surface area contributed by atoms with E-state index in [-0.39, 0.29) is 11.8 Å². The average molecular weight is 304 g/mol. The number of hydrogen-bond donors (Lipinski definition) is 2. The maximum absolute atomic E-state index is 11.9. The van der Waals surface area contributed by atoms with Crippen LogP contribution < -0.4 is 16.0 Å². The van der Waals surface area contributed by atoms with Crippen LogP contribution in [0.2, 0.25) is 0 Å². The summed E-state index contributed by atoms with van der Waals surface area (Å²) in [6, 6.07) is 5.86. The molecule has 1 unspecified atom stereocenters. The second-order valence-corrected chi connectivity index (χ2v) is 6.51. The third-order valence-corrected chi connectivity index (χ3v) is 4.90. The van der Waals surface area contributed by atoms with Crippen LogP contribution in [-0.2, 0) is 4.79 Å². The molecule has 3 rings (SSSR count). The van der Waals surface area contributed by atoms with Gasteiger partial charge in [-0.3, -0.25) is 4.79 Å². The average Bonchev–Trinajstić information content (AvgIpc) is 3.14. The molecule has 1 aliphatic heterocycles. The van der Waals surface area contributed by atoms with Gasteiger partial charge in [0.05, 0.1) is 10.2 Å². The van der Waals surface area contributed by atoms with Gasteiger partial charge in [0.2, 0.25) is 5.91 Å². The van der Waals surface area contributed by atoms with Gasteiger partial charge < -0.3 is 16.0 Å². The number of nitrogens with two attached hydrogens (primary N) is 1. The van der Waals surface area contributed by atoms with Crippen molar-refractivity contribution in [3.63, 3.8) is 0 Å². The van der Waals surface area contributed by atoms with Gasteiger partial charge in [-0.25, -0.2) is 4.98 Å². The number of carbonyl (C=O) groups is 1. The van der Waals surface area contributed by atoms with E-state index >= 15 is 0 Å². The van der Waals surface area contributed by atoms with Crippen LogP contribution in [-0.4, -0.2) is 30.5 Å². The summed E-state index contributed by atoms with van der Waals surface area (Å²) in [4.78, 5) is 18.9. The van der Waals surface area contributed by atoms with Crippen LogP contribution in [0.3, 0.4) is 0 Å². The Morgan fingerprint density at radius 1 is 1.48 bits per heavy atom. The number of hydrogen-bond acceptors (Lipinski definition) is 5. The van der Waals surface area contributed by atoms with Crippen molar-refractivity contribution in [1.82, 2.24) is 4.98 Å². The van der Waals surface area contributed by atoms with Crippen molar-refractivity contribution in [3.05, 3.63) is 18.2 Å². The number of benzene rings is 1. The third kappa shape index (κ3) is 3.01. The molecule has 2 aromatic rings. The van der Waals surface area contributed by atoms with Crippen LogP contribution in [0.15, 0.2) is 18.2 Å². The standard InChI is InChI=1S/C15H20N4OS/c1-10(9-16)14(20)17-11-4-5-12-13(8-11)21-15(18-12)19-6-2-3-7-19/h4-5,8,10H,2-3,6-7,9,16H2,1H3,(H,17,20). The highest BCUT2D eigenvalue weighted by Gasteiger charge is 2.17. The summed E-state index contributed by atoms with van der Waals surface area (Å²) >= 11 is 1.69. The highest BCUT2D eigenvalue weighted by molar-refractivity contribution is 7.22. The first-order valence-corrected chi connectivity index (χ1v) is 8.15. The van der Waals surface area contributed by atoms with Gasteiger partial charge in [0.1, 0.15) is 0 Å². The van der Waals surface area contributed by atoms with Crippen LogP contribution in [0.25, 0.3) is 10.2 Å². The first kappa shape index (κ1) is 14.3. The molecule has 6 heteroatoms. The summed E-state index contributed by atoms with van der Waals surface area (Å²) in [6.07, 6.45) is 2.49. The Kier molecular flexibility index (Phi) is 4.07. The second kappa shape index (κ2) is 5.99. The Morgan fingerprint density at radius 2 is 2.24 bits per heavy atom. The monoisotopic (exact) mass is 304 g/mol. The summed E-state index contributed by atoms with van der Waals surface area (Å²) < 4.78 is 1.11. The fraction of sp³-hybridized carbons (Fsp3) is 0.467. The molecule has 0 aliphatic carbocycles. The van der Waals surface area contributed by atoms with Crippen molar-refractivity contribution in [2.24, 2.45) is 11.7 Å². The van der Waals surface area contributed by atoms with Crippen molar-refractivity contribution in [2.75, 3.05) is 29.9 Å². The van der Waals surface area contributed by atoms with E-state index in [4.69, 9.17) is 5.73 Å². The highest BCUT2D eigenvalue weighted by atomic mass is 32.1. The number of thiazole rings is 1. The van der Waals surface area contributed by atoms with E-state index in [1.54, 1.807) is 11.3 Å². The molecule has 1 aromatic heterocycles. The number of fused-ring (bicyclic) bond motifs is 1. The lowest BCUT2D eigenvalue weighted by Gasteiger charge is -2.11. The lowest BCUT2D eigenvalue weighted by atomic mass is 10.1. The Hall–Kier alpha value is -1.66. The van der Waals surface area contributed by atoms with E-state index in [2.05, 4.69) is 15.2 Å². The predicted octanol–water partition coefficient (Wildman–Crippen LogP) is 2.43. The van der Waals surface area contributed by atoms with E-state index in [0.29, 0.717) is 6.54 Å². The van der Waals surface area contributed by atoms with E-state index in [1.807, 2.05) is 25.1 Å². The van der Waals surface area contributed by atoms with Gasteiger partial charge >= 0.3 is 0 Å². The molecule has 0 bridgehead atoms. The summed E-state index contributed by atoms with van der Waals surface area (Å²) in [5.74, 6) is -0.219. The van der Waals surface area contributed by atoms with Crippen LogP contribution in [0, 0.1) is 5.92 Å². The molecule has 1 aliphatic rings. The highest BCUT2D eigenvalue weighted by Crippen LogP contribution is 2.32. The Labute approximate surface area is 128 Å². The molecular formula is C15H20N4OS. The zero-order valence-electron chi connectivity index (χ0n) is 12.1. The molecule has 3 N–H and O–H groups in total. The topological polar surface area (TPSA) is 71.2 Å². The molecule has 1 fully saturated rings. The van der Waals surface area contributed by atoms with E-state index in [9.17, 15) is 4.79 Å². The molecule has 0 radical (unpaired) electrons. The van der Waals surface area contributed by atoms with E-state index in [1.165, 1.54) is 12.8 Å². The molecule has 2 heterocycles. The number of amides is 1. The van der Waals surface area contributed by atoms with Gasteiger partial charge in [0, 0.05) is 31.2 Å². The maximum atomic E-state index is 11.9. The van der Waals surface area contributed by atoms with Crippen LogP contribution in [0.5, 0.6) is 0 Å². The lowest BCUT2D eigenvalue weighted by Crippen LogP contribution is -2.26. The number of rotatable bonds is 4. The summed E-state index contributed by atoms with van der Waals surface area (Å²) in [6.45, 7) is 4.37. The van der Waals surface area contributed by atoms with Crippen molar-refractivity contribution in [1.29, 1.82) is 0 Å². The quantitative estimate of drug-likeness (QED) is 0.910. The van der Waals surface area contributed by atoms with Gasteiger partial charge in [-0.05, 0) is 31.0 Å². The van der Waals surface area contributed by atoms with Gasteiger partial charge in [-0.1, -0.05) is 18.3 Å². The Bertz CT molecular complexity index is 648. The zero-order chi connectivity index (χ0) is 14.8. The minimum Gasteiger partial charge on any atom is -0.348 e. The summed E-state index contributed by atoms with van der Waals surface area (Å²) in [5.41, 5.74) is 7.32. The smallest absolute Gasteiger partial charge is 0.228 e. The fourth-order valence-corrected chi connectivity index (χ4v) is 3.46. The second-order valence-electron chi connectivity index (χ2n) is 5.50. The lowest BCUT2D eigenvalue weighted by molar-refractivity contribution is -0.119. The van der Waals surface area contributed by atoms with Gasteiger partial charge in [0.25, 0.3) is 0 Å². The first-order chi connectivity index (χ1) is 10.2. The van der Waals surface area contributed by atoms with Gasteiger partial charge in [-0.2, -0.15) is 0 Å².